The van der Waals surface area contributed by atoms with Crippen molar-refractivity contribution in [2.24, 2.45) is 0 Å². The van der Waals surface area contributed by atoms with Gasteiger partial charge >= 0.3 is 7.47 Å². The summed E-state index contributed by atoms with van der Waals surface area (Å²) < 4.78 is 43.0. The second-order valence-corrected chi connectivity index (χ2v) is 9.07. The molecular weight excluding hydrogens is 473 g/mol. The molecule has 7 heteroatoms. The first-order valence-corrected chi connectivity index (χ1v) is 13.0. The number of Topliss-reactive ketones (excluding diaryl/α,β-unsaturated/α-hetero) is 1. The summed E-state index contributed by atoms with van der Waals surface area (Å²) in [4.78, 5) is 12.6. The first-order chi connectivity index (χ1) is 17.9. The molecule has 1 atom stereocenters. The molecule has 0 bridgehead atoms. The summed E-state index contributed by atoms with van der Waals surface area (Å²) in [6.07, 6.45) is 9.86. The number of ether oxygens (including phenoxy) is 2. The van der Waals surface area contributed by atoms with Gasteiger partial charge in [-0.3, -0.25) is 4.79 Å². The molecular formula is C30H35BF2O4. The Morgan fingerprint density at radius 1 is 0.973 bits per heavy atom. The normalized spacial score (nSPS) is 15.5. The van der Waals surface area contributed by atoms with E-state index in [1.165, 1.54) is 6.92 Å². The molecule has 1 unspecified atom stereocenters. The molecule has 0 aromatic heterocycles. The second-order valence-electron chi connectivity index (χ2n) is 9.07. The van der Waals surface area contributed by atoms with Crippen molar-refractivity contribution in [2.45, 2.75) is 58.8 Å². The van der Waals surface area contributed by atoms with Gasteiger partial charge in [-0.1, -0.05) is 63.1 Å². The van der Waals surface area contributed by atoms with Crippen LogP contribution in [-0.2, 0) is 9.45 Å². The van der Waals surface area contributed by atoms with Crippen molar-refractivity contribution in [3.8, 4) is 11.5 Å². The first kappa shape index (κ1) is 28.2. The van der Waals surface area contributed by atoms with Gasteiger partial charge in [0.05, 0.1) is 13.2 Å². The van der Waals surface area contributed by atoms with Crippen LogP contribution in [0.1, 0.15) is 69.9 Å². The van der Waals surface area contributed by atoms with Crippen LogP contribution < -0.4 is 9.47 Å². The fourth-order valence-corrected chi connectivity index (χ4v) is 4.20. The Labute approximate surface area is 219 Å². The highest BCUT2D eigenvalue weighted by Gasteiger charge is 2.31. The summed E-state index contributed by atoms with van der Waals surface area (Å²) >= 11 is 0. The Morgan fingerprint density at radius 3 is 2.27 bits per heavy atom. The lowest BCUT2D eigenvalue weighted by molar-refractivity contribution is -0.114. The Kier molecular flexibility index (Phi) is 11.0. The number of hydrogen-bond donors (Lipinski definition) is 0. The van der Waals surface area contributed by atoms with E-state index >= 15 is 0 Å². The van der Waals surface area contributed by atoms with Gasteiger partial charge in [0.1, 0.15) is 17.3 Å². The second kappa shape index (κ2) is 14.4. The van der Waals surface area contributed by atoms with Crippen LogP contribution in [0.5, 0.6) is 11.5 Å². The van der Waals surface area contributed by atoms with Crippen LogP contribution in [0.15, 0.2) is 77.6 Å². The number of carbonyl (C=O) groups excluding carboxylic acids is 1. The molecule has 0 fully saturated rings. The molecule has 0 spiro atoms. The van der Waals surface area contributed by atoms with Crippen LogP contribution in [0.2, 0.25) is 0 Å². The van der Waals surface area contributed by atoms with Gasteiger partial charge in [0.15, 0.2) is 5.78 Å². The quantitative estimate of drug-likeness (QED) is 0.192. The molecule has 3 rings (SSSR count). The van der Waals surface area contributed by atoms with Gasteiger partial charge in [-0.2, -0.15) is 0 Å². The van der Waals surface area contributed by atoms with Gasteiger partial charge in [-0.15, -0.1) is 0 Å². The molecule has 0 aliphatic heterocycles. The van der Waals surface area contributed by atoms with E-state index in [0.717, 1.165) is 53.9 Å². The van der Waals surface area contributed by atoms with Crippen molar-refractivity contribution in [3.05, 3.63) is 88.7 Å². The molecule has 1 aliphatic rings. The molecule has 0 heterocycles. The predicted octanol–water partition coefficient (Wildman–Crippen LogP) is 7.96. The Bertz CT molecular complexity index is 1120. The molecule has 0 saturated heterocycles. The van der Waals surface area contributed by atoms with E-state index in [0.29, 0.717) is 19.6 Å². The molecule has 2 aromatic rings. The fourth-order valence-electron chi connectivity index (χ4n) is 4.20. The Morgan fingerprint density at radius 2 is 1.65 bits per heavy atom. The zero-order valence-corrected chi connectivity index (χ0v) is 21.8. The van der Waals surface area contributed by atoms with Gasteiger partial charge < -0.3 is 14.1 Å². The third-order valence-corrected chi connectivity index (χ3v) is 6.13. The lowest BCUT2D eigenvalue weighted by Gasteiger charge is -2.27. The van der Waals surface area contributed by atoms with E-state index in [1.807, 2.05) is 60.7 Å². The van der Waals surface area contributed by atoms with Crippen LogP contribution in [-0.4, -0.2) is 26.5 Å². The lowest BCUT2D eigenvalue weighted by Crippen LogP contribution is -2.19. The van der Waals surface area contributed by atoms with Crippen LogP contribution in [0.25, 0.3) is 6.08 Å². The SMILES string of the molecule is CCCCOc1ccc(C2CC(C=Cc3cccc(OCCCC)c3)=CC(OB(F)F)=C2C(C)=O)cc1. The Balaban J connectivity index is 1.87. The number of unbranched alkanes of at least 4 members (excludes halogenated alkanes) is 2. The summed E-state index contributed by atoms with van der Waals surface area (Å²) in [6, 6.07) is 15.2. The number of halogens is 2. The maximum Gasteiger partial charge on any atom is 0.796 e. The van der Waals surface area contributed by atoms with E-state index in [1.54, 1.807) is 6.08 Å². The highest BCUT2D eigenvalue weighted by atomic mass is 19.2. The number of ketones is 1. The minimum Gasteiger partial charge on any atom is -0.505 e. The Hall–Kier alpha value is -3.35. The average molecular weight is 508 g/mol. The predicted molar refractivity (Wildman–Crippen MR) is 145 cm³/mol. The van der Waals surface area contributed by atoms with Gasteiger partial charge in [-0.25, -0.2) is 8.63 Å². The number of allylic oxidation sites excluding steroid dienone is 4. The van der Waals surface area contributed by atoms with Crippen LogP contribution in [0, 0.1) is 0 Å². The number of rotatable bonds is 14. The summed E-state index contributed by atoms with van der Waals surface area (Å²) in [5, 5.41) is 0. The monoisotopic (exact) mass is 508 g/mol. The van der Waals surface area contributed by atoms with Crippen molar-refractivity contribution < 1.29 is 27.6 Å². The van der Waals surface area contributed by atoms with E-state index in [4.69, 9.17) is 14.1 Å². The van der Waals surface area contributed by atoms with E-state index in [9.17, 15) is 13.4 Å². The number of benzene rings is 2. The average Bonchev–Trinajstić information content (AvgIpc) is 2.87. The smallest absolute Gasteiger partial charge is 0.505 e. The molecule has 4 nitrogen and oxygen atoms in total. The molecule has 196 valence electrons. The molecule has 0 saturated carbocycles. The van der Waals surface area contributed by atoms with Crippen molar-refractivity contribution in [2.75, 3.05) is 13.2 Å². The maximum absolute atomic E-state index is 13.3. The summed E-state index contributed by atoms with van der Waals surface area (Å²) in [7, 11) is -3.03. The van der Waals surface area contributed by atoms with E-state index in [2.05, 4.69) is 13.8 Å². The van der Waals surface area contributed by atoms with Gasteiger partial charge in [0, 0.05) is 11.5 Å². The minimum atomic E-state index is -3.03. The zero-order chi connectivity index (χ0) is 26.6. The minimum absolute atomic E-state index is 0.0849. The summed E-state index contributed by atoms with van der Waals surface area (Å²) in [5.41, 5.74) is 2.81. The number of carbonyl (C=O) groups is 1. The molecule has 37 heavy (non-hydrogen) atoms. The largest absolute Gasteiger partial charge is 0.796 e. The lowest BCUT2D eigenvalue weighted by atomic mass is 9.79. The van der Waals surface area contributed by atoms with Gasteiger partial charge in [0.25, 0.3) is 0 Å². The van der Waals surface area contributed by atoms with E-state index < -0.39 is 13.4 Å². The molecule has 0 N–H and O–H groups in total. The first-order valence-electron chi connectivity index (χ1n) is 13.0. The van der Waals surface area contributed by atoms with Crippen molar-refractivity contribution >= 4 is 19.3 Å². The fraction of sp³-hybridized carbons (Fsp3) is 0.367. The van der Waals surface area contributed by atoms with Gasteiger partial charge in [-0.05, 0) is 73.2 Å². The number of hydrogen-bond acceptors (Lipinski definition) is 4. The standard InChI is InChI=1S/C30H35BF2O4/c1-4-6-17-35-26-15-13-25(14-16-26)28-20-24(21-29(37-31(32)33)30(28)22(3)34)12-11-23-9-8-10-27(19-23)36-18-7-5-2/h8-16,19,21,28H,4-7,17-18,20H2,1-3H3. The zero-order valence-electron chi connectivity index (χ0n) is 21.8. The topological polar surface area (TPSA) is 44.8 Å². The van der Waals surface area contributed by atoms with Crippen LogP contribution in [0.3, 0.4) is 0 Å². The van der Waals surface area contributed by atoms with E-state index in [-0.39, 0.29) is 17.1 Å². The highest BCUT2D eigenvalue weighted by Crippen LogP contribution is 2.39. The van der Waals surface area contributed by atoms with Gasteiger partial charge in [0.2, 0.25) is 0 Å². The van der Waals surface area contributed by atoms with Crippen molar-refractivity contribution in [3.63, 3.8) is 0 Å². The maximum atomic E-state index is 13.3. The summed E-state index contributed by atoms with van der Waals surface area (Å²) in [6.45, 7) is 6.89. The third kappa shape index (κ3) is 8.62. The van der Waals surface area contributed by atoms with Crippen molar-refractivity contribution in [1.29, 1.82) is 0 Å². The molecule has 1 aliphatic carbocycles. The molecule has 0 amide bonds. The summed E-state index contributed by atoms with van der Waals surface area (Å²) in [5.74, 6) is 0.734. The van der Waals surface area contributed by atoms with Crippen LogP contribution in [0.4, 0.5) is 8.63 Å². The molecule has 2 aromatic carbocycles. The molecule has 0 radical (unpaired) electrons. The van der Waals surface area contributed by atoms with Crippen LogP contribution >= 0.6 is 0 Å². The highest BCUT2D eigenvalue weighted by molar-refractivity contribution is 6.35. The van der Waals surface area contributed by atoms with Crippen molar-refractivity contribution in [1.82, 2.24) is 0 Å². The third-order valence-electron chi connectivity index (χ3n) is 6.13.